The first-order valence-electron chi connectivity index (χ1n) is 5.30. The van der Waals surface area contributed by atoms with E-state index in [0.717, 1.165) is 5.56 Å². The Balaban J connectivity index is 2.33. The Morgan fingerprint density at radius 3 is 2.68 bits per heavy atom. The van der Waals surface area contributed by atoms with Crippen LogP contribution in [0.5, 0.6) is 5.88 Å². The number of rotatable bonds is 3. The summed E-state index contributed by atoms with van der Waals surface area (Å²) in [4.78, 5) is 8.31. The average molecular weight is 363 g/mol. The van der Waals surface area contributed by atoms with Crippen LogP contribution in [0.15, 0.2) is 22.8 Å². The molecule has 1 aromatic heterocycles. The predicted molar refractivity (Wildman–Crippen MR) is 80.8 cm³/mol. The van der Waals surface area contributed by atoms with Gasteiger partial charge in [-0.3, -0.25) is 0 Å². The number of methoxy groups -OCH3 is 1. The van der Waals surface area contributed by atoms with Crippen molar-refractivity contribution in [3.05, 3.63) is 38.4 Å². The number of benzene rings is 1. The highest BCUT2D eigenvalue weighted by molar-refractivity contribution is 9.10. The highest BCUT2D eigenvalue weighted by atomic mass is 79.9. The molecule has 0 saturated carbocycles. The highest BCUT2D eigenvalue weighted by Crippen LogP contribution is 2.31. The van der Waals surface area contributed by atoms with Crippen molar-refractivity contribution in [3.63, 3.8) is 0 Å². The smallest absolute Gasteiger partial charge is 0.232 e. The molecule has 0 aliphatic rings. The molecule has 1 N–H and O–H groups in total. The zero-order valence-electron chi connectivity index (χ0n) is 10.2. The van der Waals surface area contributed by atoms with Crippen LogP contribution in [0.4, 0.5) is 11.6 Å². The average Bonchev–Trinajstić information content (AvgIpc) is 2.38. The Labute approximate surface area is 129 Å². The van der Waals surface area contributed by atoms with Crippen molar-refractivity contribution >= 4 is 50.8 Å². The second-order valence-electron chi connectivity index (χ2n) is 3.76. The van der Waals surface area contributed by atoms with Crippen LogP contribution in [-0.4, -0.2) is 17.1 Å². The van der Waals surface area contributed by atoms with Gasteiger partial charge in [0.25, 0.3) is 0 Å². The largest absolute Gasteiger partial charge is 0.480 e. The lowest BCUT2D eigenvalue weighted by Gasteiger charge is -2.10. The zero-order chi connectivity index (χ0) is 14.0. The topological polar surface area (TPSA) is 47.0 Å². The maximum atomic E-state index is 6.14. The van der Waals surface area contributed by atoms with Gasteiger partial charge in [-0.05, 0) is 40.5 Å². The minimum Gasteiger partial charge on any atom is -0.480 e. The van der Waals surface area contributed by atoms with E-state index in [1.165, 1.54) is 7.11 Å². The minimum absolute atomic E-state index is 0.377. The molecule has 1 heterocycles. The zero-order valence-corrected chi connectivity index (χ0v) is 13.3. The van der Waals surface area contributed by atoms with Gasteiger partial charge in [-0.25, -0.2) is 4.98 Å². The van der Waals surface area contributed by atoms with E-state index >= 15 is 0 Å². The lowest BCUT2D eigenvalue weighted by molar-refractivity contribution is 0.394. The standard InChI is InChI=1S/C12H10BrCl2N3O/c1-6-3-9(15)10(4-8(6)14)17-12-16-5-7(13)11(18-12)19-2/h3-5H,1-2H3,(H,16,17,18). The van der Waals surface area contributed by atoms with E-state index in [0.29, 0.717) is 32.0 Å². The number of hydrogen-bond acceptors (Lipinski definition) is 4. The molecule has 0 unspecified atom stereocenters. The molecule has 0 spiro atoms. The molecule has 0 amide bonds. The summed E-state index contributed by atoms with van der Waals surface area (Å²) in [6, 6.07) is 3.51. The Morgan fingerprint density at radius 1 is 1.26 bits per heavy atom. The monoisotopic (exact) mass is 361 g/mol. The third-order valence-electron chi connectivity index (χ3n) is 2.40. The van der Waals surface area contributed by atoms with Crippen molar-refractivity contribution in [2.24, 2.45) is 0 Å². The van der Waals surface area contributed by atoms with Crippen LogP contribution in [0.25, 0.3) is 0 Å². The third-order valence-corrected chi connectivity index (χ3v) is 3.66. The highest BCUT2D eigenvalue weighted by Gasteiger charge is 2.09. The molecule has 7 heteroatoms. The van der Waals surface area contributed by atoms with Crippen molar-refractivity contribution in [1.29, 1.82) is 0 Å². The number of nitrogens with one attached hydrogen (secondary N) is 1. The van der Waals surface area contributed by atoms with E-state index in [-0.39, 0.29) is 0 Å². The number of anilines is 2. The number of aromatic nitrogens is 2. The van der Waals surface area contributed by atoms with E-state index in [2.05, 4.69) is 31.2 Å². The first-order chi connectivity index (χ1) is 9.01. The molecule has 2 aromatic rings. The molecule has 4 nitrogen and oxygen atoms in total. The molecule has 2 rings (SSSR count). The molecule has 0 aliphatic heterocycles. The van der Waals surface area contributed by atoms with Crippen molar-refractivity contribution in [2.75, 3.05) is 12.4 Å². The fraction of sp³-hybridized carbons (Fsp3) is 0.167. The summed E-state index contributed by atoms with van der Waals surface area (Å²) in [5.41, 5.74) is 1.55. The number of ether oxygens (including phenoxy) is 1. The summed E-state index contributed by atoms with van der Waals surface area (Å²) in [6.07, 6.45) is 1.60. The van der Waals surface area contributed by atoms with E-state index in [9.17, 15) is 0 Å². The summed E-state index contributed by atoms with van der Waals surface area (Å²) >= 11 is 15.5. The van der Waals surface area contributed by atoms with E-state index in [4.69, 9.17) is 27.9 Å². The fourth-order valence-corrected chi connectivity index (χ4v) is 2.20. The summed E-state index contributed by atoms with van der Waals surface area (Å²) in [5.74, 6) is 0.814. The first kappa shape index (κ1) is 14.4. The van der Waals surface area contributed by atoms with Crippen LogP contribution < -0.4 is 10.1 Å². The number of aryl methyl sites for hydroxylation is 1. The number of halogens is 3. The van der Waals surface area contributed by atoms with Gasteiger partial charge in [-0.1, -0.05) is 23.2 Å². The van der Waals surface area contributed by atoms with Crippen molar-refractivity contribution in [2.45, 2.75) is 6.92 Å². The maximum absolute atomic E-state index is 6.14. The summed E-state index contributed by atoms with van der Waals surface area (Å²) in [6.45, 7) is 1.89. The van der Waals surface area contributed by atoms with E-state index < -0.39 is 0 Å². The maximum Gasteiger partial charge on any atom is 0.232 e. The lowest BCUT2D eigenvalue weighted by atomic mass is 10.2. The Morgan fingerprint density at radius 2 is 2.00 bits per heavy atom. The van der Waals surface area contributed by atoms with Crippen LogP contribution >= 0.6 is 39.1 Å². The minimum atomic E-state index is 0.377. The Hall–Kier alpha value is -1.04. The molecule has 100 valence electrons. The third kappa shape index (κ3) is 3.29. The van der Waals surface area contributed by atoms with Gasteiger partial charge in [0.05, 0.1) is 28.5 Å². The van der Waals surface area contributed by atoms with Gasteiger partial charge in [-0.2, -0.15) is 4.98 Å². The van der Waals surface area contributed by atoms with Crippen molar-refractivity contribution in [1.82, 2.24) is 9.97 Å². The number of hydrogen-bond donors (Lipinski definition) is 1. The van der Waals surface area contributed by atoms with Crippen LogP contribution in [0.2, 0.25) is 10.0 Å². The van der Waals surface area contributed by atoms with Crippen LogP contribution in [0.3, 0.4) is 0 Å². The van der Waals surface area contributed by atoms with E-state index in [1.807, 2.05) is 6.92 Å². The molecule has 19 heavy (non-hydrogen) atoms. The molecule has 0 radical (unpaired) electrons. The van der Waals surface area contributed by atoms with Gasteiger partial charge < -0.3 is 10.1 Å². The second-order valence-corrected chi connectivity index (χ2v) is 5.43. The van der Waals surface area contributed by atoms with Gasteiger partial charge in [0.1, 0.15) is 0 Å². The summed E-state index contributed by atoms with van der Waals surface area (Å²) < 4.78 is 5.77. The van der Waals surface area contributed by atoms with Crippen LogP contribution in [0.1, 0.15) is 5.56 Å². The van der Waals surface area contributed by atoms with Gasteiger partial charge in [0.2, 0.25) is 11.8 Å². The lowest BCUT2D eigenvalue weighted by Crippen LogP contribution is -2.00. The quantitative estimate of drug-likeness (QED) is 0.866. The van der Waals surface area contributed by atoms with Crippen LogP contribution in [-0.2, 0) is 0 Å². The van der Waals surface area contributed by atoms with Crippen molar-refractivity contribution < 1.29 is 4.74 Å². The van der Waals surface area contributed by atoms with Gasteiger partial charge in [0, 0.05) is 5.02 Å². The molecule has 0 aliphatic carbocycles. The molecule has 0 bridgehead atoms. The van der Waals surface area contributed by atoms with Gasteiger partial charge >= 0.3 is 0 Å². The van der Waals surface area contributed by atoms with Crippen LogP contribution in [0, 0.1) is 6.92 Å². The Bertz CT molecular complexity index is 622. The Kier molecular flexibility index (Phi) is 4.50. The predicted octanol–water partition coefficient (Wildman–Crippen LogP) is 4.61. The van der Waals surface area contributed by atoms with Crippen molar-refractivity contribution in [3.8, 4) is 5.88 Å². The normalized spacial score (nSPS) is 10.4. The molecule has 0 saturated heterocycles. The van der Waals surface area contributed by atoms with Gasteiger partial charge in [-0.15, -0.1) is 0 Å². The molecular formula is C12H10BrCl2N3O. The summed E-state index contributed by atoms with van der Waals surface area (Å²) in [5, 5.41) is 4.17. The van der Waals surface area contributed by atoms with E-state index in [1.54, 1.807) is 18.3 Å². The molecule has 1 aromatic carbocycles. The molecular weight excluding hydrogens is 353 g/mol. The fourth-order valence-electron chi connectivity index (χ4n) is 1.42. The SMILES string of the molecule is COc1nc(Nc2cc(Cl)c(C)cc2Cl)ncc1Br. The molecule has 0 fully saturated rings. The second kappa shape index (κ2) is 5.94. The van der Waals surface area contributed by atoms with Gasteiger partial charge in [0.15, 0.2) is 0 Å². The summed E-state index contributed by atoms with van der Waals surface area (Å²) in [7, 11) is 1.53. The number of nitrogens with zero attached hydrogens (tertiary/aromatic N) is 2. The first-order valence-corrected chi connectivity index (χ1v) is 6.85. The molecule has 0 atom stereocenters.